The first-order chi connectivity index (χ1) is 10.7. The van der Waals surface area contributed by atoms with Gasteiger partial charge in [0.2, 0.25) is 0 Å². The molecule has 0 N–H and O–H groups in total. The maximum Gasteiger partial charge on any atom is 0.376 e. The Morgan fingerprint density at radius 1 is 1.36 bits per heavy atom. The molecule has 0 spiro atoms. The molecular formula is C15H12ClN3O3. The zero-order valence-electron chi connectivity index (χ0n) is 11.5. The van der Waals surface area contributed by atoms with E-state index < -0.39 is 5.97 Å². The third kappa shape index (κ3) is 1.70. The van der Waals surface area contributed by atoms with E-state index in [2.05, 4.69) is 9.27 Å². The average molecular weight is 318 g/mol. The van der Waals surface area contributed by atoms with Crippen LogP contribution in [0.25, 0.3) is 5.69 Å². The smallest absolute Gasteiger partial charge is 0.342 e. The lowest BCUT2D eigenvalue weighted by Gasteiger charge is -2.22. The molecule has 0 unspecified atom stereocenters. The molecule has 6 nitrogen and oxygen atoms in total. The normalized spacial score (nSPS) is 19.2. The number of hydrogen-bond donors (Lipinski definition) is 0. The maximum absolute atomic E-state index is 12.8. The fourth-order valence-electron chi connectivity index (χ4n) is 3.38. The molecule has 0 radical (unpaired) electrons. The van der Waals surface area contributed by atoms with Gasteiger partial charge in [0.15, 0.2) is 5.69 Å². The summed E-state index contributed by atoms with van der Waals surface area (Å²) in [6.07, 6.45) is 3.22. The van der Waals surface area contributed by atoms with Crippen molar-refractivity contribution in [2.75, 3.05) is 6.54 Å². The van der Waals surface area contributed by atoms with Crippen molar-refractivity contribution in [3.63, 3.8) is 0 Å². The second-order valence-electron chi connectivity index (χ2n) is 5.39. The number of halogens is 1. The van der Waals surface area contributed by atoms with E-state index in [1.807, 2.05) is 18.2 Å². The highest BCUT2D eigenvalue weighted by Crippen LogP contribution is 2.39. The van der Waals surface area contributed by atoms with Gasteiger partial charge in [0, 0.05) is 6.54 Å². The minimum Gasteiger partial charge on any atom is -0.342 e. The number of carbonyl (C=O) groups excluding carboxylic acids is 2. The first-order valence-corrected chi connectivity index (χ1v) is 7.33. The fourth-order valence-corrected chi connectivity index (χ4v) is 3.45. The van der Waals surface area contributed by atoms with Crippen LogP contribution in [0.1, 0.15) is 45.4 Å². The van der Waals surface area contributed by atoms with E-state index in [4.69, 9.17) is 11.9 Å². The van der Waals surface area contributed by atoms with Gasteiger partial charge in [0.1, 0.15) is 18.2 Å². The van der Waals surface area contributed by atoms with Gasteiger partial charge in [-0.15, -0.1) is 0 Å². The number of hydrogen-bond acceptors (Lipinski definition) is 4. The molecule has 4 rings (SSSR count). The number of nitrogens with zero attached hydrogens (tertiary/aromatic N) is 3. The Balaban J connectivity index is 2.01. The van der Waals surface area contributed by atoms with Crippen LogP contribution in [0.4, 0.5) is 0 Å². The average Bonchev–Trinajstić information content (AvgIpc) is 3.17. The van der Waals surface area contributed by atoms with E-state index in [0.717, 1.165) is 18.5 Å². The molecule has 0 aliphatic carbocycles. The molecule has 2 aliphatic rings. The van der Waals surface area contributed by atoms with Crippen molar-refractivity contribution in [3.05, 3.63) is 47.5 Å². The van der Waals surface area contributed by atoms with Crippen LogP contribution < -0.4 is 0 Å². The molecule has 1 aromatic carbocycles. The van der Waals surface area contributed by atoms with Gasteiger partial charge in [0.05, 0.1) is 23.0 Å². The van der Waals surface area contributed by atoms with Crippen LogP contribution in [0.2, 0.25) is 0 Å². The highest BCUT2D eigenvalue weighted by atomic mass is 35.5. The first kappa shape index (κ1) is 13.3. The number of benzene rings is 1. The van der Waals surface area contributed by atoms with Gasteiger partial charge < -0.3 is 9.19 Å². The van der Waals surface area contributed by atoms with E-state index >= 15 is 0 Å². The highest BCUT2D eigenvalue weighted by Gasteiger charge is 2.40. The third-order valence-electron chi connectivity index (χ3n) is 4.29. The quantitative estimate of drug-likeness (QED) is 0.810. The minimum absolute atomic E-state index is 0.0213. The summed E-state index contributed by atoms with van der Waals surface area (Å²) in [4.78, 5) is 30.6. The molecule has 1 fully saturated rings. The van der Waals surface area contributed by atoms with Crippen LogP contribution in [0, 0.1) is 0 Å². The summed E-state index contributed by atoms with van der Waals surface area (Å²) in [5.41, 5.74) is 2.16. The predicted molar refractivity (Wildman–Crippen MR) is 77.8 cm³/mol. The van der Waals surface area contributed by atoms with Crippen molar-refractivity contribution in [1.29, 1.82) is 0 Å². The van der Waals surface area contributed by atoms with Crippen LogP contribution in [0.5, 0.6) is 0 Å². The van der Waals surface area contributed by atoms with Crippen LogP contribution in [0.3, 0.4) is 0 Å². The van der Waals surface area contributed by atoms with E-state index in [1.54, 1.807) is 21.9 Å². The molecular weight excluding hydrogens is 306 g/mol. The largest absolute Gasteiger partial charge is 0.376 e. The molecule has 22 heavy (non-hydrogen) atoms. The van der Waals surface area contributed by atoms with Crippen LogP contribution in [-0.2, 0) is 4.29 Å². The van der Waals surface area contributed by atoms with E-state index in [1.165, 1.54) is 0 Å². The number of fused-ring (bicyclic) bond motifs is 5. The summed E-state index contributed by atoms with van der Waals surface area (Å²) >= 11 is 5.22. The SMILES string of the molecule is O=C(OCl)c1ncn2c1[C@@H]1CCCN1C(=O)c1ccccc1-2. The summed E-state index contributed by atoms with van der Waals surface area (Å²) in [6.45, 7) is 0.665. The van der Waals surface area contributed by atoms with Crippen LogP contribution in [-0.4, -0.2) is 32.9 Å². The molecule has 112 valence electrons. The number of carbonyl (C=O) groups is 2. The lowest BCUT2D eigenvalue weighted by atomic mass is 10.1. The van der Waals surface area contributed by atoms with Gasteiger partial charge in [0.25, 0.3) is 5.91 Å². The zero-order valence-corrected chi connectivity index (χ0v) is 12.3. The van der Waals surface area contributed by atoms with E-state index in [0.29, 0.717) is 17.8 Å². The standard InChI is InChI=1S/C15H12ClN3O3/c16-22-15(21)12-13-11-6-3-7-18(11)14(20)9-4-1-2-5-10(9)19(13)8-17-12/h1-2,4-5,8,11H,3,6-7H2/t11-/m0/s1. The summed E-state index contributed by atoms with van der Waals surface area (Å²) in [6, 6.07) is 7.13. The molecule has 0 bridgehead atoms. The van der Waals surface area contributed by atoms with Crippen LogP contribution in [0.15, 0.2) is 30.6 Å². The summed E-state index contributed by atoms with van der Waals surface area (Å²) in [7, 11) is 0. The van der Waals surface area contributed by atoms with Crippen molar-refractivity contribution in [2.24, 2.45) is 0 Å². The topological polar surface area (TPSA) is 64.4 Å². The molecule has 2 aliphatic heterocycles. The lowest BCUT2D eigenvalue weighted by Crippen LogP contribution is -2.30. The van der Waals surface area contributed by atoms with E-state index in [-0.39, 0.29) is 17.6 Å². The zero-order chi connectivity index (χ0) is 15.3. The van der Waals surface area contributed by atoms with E-state index in [9.17, 15) is 9.59 Å². The molecule has 2 aromatic rings. The number of amides is 1. The van der Waals surface area contributed by atoms with Crippen molar-refractivity contribution in [2.45, 2.75) is 18.9 Å². The van der Waals surface area contributed by atoms with Crippen molar-refractivity contribution < 1.29 is 13.9 Å². The molecule has 1 saturated heterocycles. The summed E-state index contributed by atoms with van der Waals surface area (Å²) < 4.78 is 6.12. The fraction of sp³-hybridized carbons (Fsp3) is 0.267. The number of rotatable bonds is 1. The first-order valence-electron chi connectivity index (χ1n) is 7.03. The molecule has 1 aromatic heterocycles. The molecule has 0 saturated carbocycles. The Hall–Kier alpha value is -2.34. The summed E-state index contributed by atoms with van der Waals surface area (Å²) in [5, 5.41) is 0. The number of imidazole rings is 1. The molecule has 1 amide bonds. The molecule has 7 heteroatoms. The second kappa shape index (κ2) is 4.84. The third-order valence-corrected chi connectivity index (χ3v) is 4.43. The van der Waals surface area contributed by atoms with Crippen LogP contribution >= 0.6 is 11.9 Å². The maximum atomic E-state index is 12.8. The van der Waals surface area contributed by atoms with Gasteiger partial charge in [-0.05, 0) is 25.0 Å². The number of aromatic nitrogens is 2. The molecule has 3 heterocycles. The monoisotopic (exact) mass is 317 g/mol. The Labute approximate surface area is 131 Å². The second-order valence-corrected chi connectivity index (χ2v) is 5.54. The lowest BCUT2D eigenvalue weighted by molar-refractivity contribution is 0.0710. The number of para-hydroxylation sites is 1. The Morgan fingerprint density at radius 3 is 3.00 bits per heavy atom. The van der Waals surface area contributed by atoms with Gasteiger partial charge >= 0.3 is 5.97 Å². The van der Waals surface area contributed by atoms with Gasteiger partial charge in [-0.1, -0.05) is 12.1 Å². The van der Waals surface area contributed by atoms with Gasteiger partial charge in [-0.25, -0.2) is 9.78 Å². The van der Waals surface area contributed by atoms with Gasteiger partial charge in [-0.3, -0.25) is 9.36 Å². The molecule has 1 atom stereocenters. The van der Waals surface area contributed by atoms with Crippen molar-refractivity contribution in [1.82, 2.24) is 14.5 Å². The predicted octanol–water partition coefficient (Wildman–Crippen LogP) is 2.47. The summed E-state index contributed by atoms with van der Waals surface area (Å²) in [5.74, 6) is -0.721. The van der Waals surface area contributed by atoms with Gasteiger partial charge in [-0.2, -0.15) is 0 Å². The Bertz CT molecular complexity index is 786. The Morgan fingerprint density at radius 2 is 2.18 bits per heavy atom. The Kier molecular flexibility index (Phi) is 2.94. The van der Waals surface area contributed by atoms with Crippen molar-refractivity contribution >= 4 is 23.7 Å². The highest BCUT2D eigenvalue weighted by molar-refractivity contribution is 6.15. The van der Waals surface area contributed by atoms with Crippen molar-refractivity contribution in [3.8, 4) is 5.69 Å². The minimum atomic E-state index is -0.700.